The van der Waals surface area contributed by atoms with Gasteiger partial charge in [-0.3, -0.25) is 0 Å². The number of nitrogens with zero attached hydrogens (tertiary/aromatic N) is 1. The zero-order valence-corrected chi connectivity index (χ0v) is 9.44. The molecule has 0 bridgehead atoms. The summed E-state index contributed by atoms with van der Waals surface area (Å²) in [7, 11) is 0. The van der Waals surface area contributed by atoms with E-state index in [4.69, 9.17) is 0 Å². The molecular weight excluding hydrogens is 223 g/mol. The minimum Gasteiger partial charge on any atom is -0.337 e. The standard InChI is InChI=1S/C12H9FN2S/c1-7-2-5-11(16-7)12-14-9-4-3-8(13)6-10(9)15-12/h2-6H,1H3,(H,14,15). The molecule has 3 rings (SSSR count). The third kappa shape index (κ3) is 1.51. The van der Waals surface area contributed by atoms with Crippen LogP contribution in [0.25, 0.3) is 21.7 Å². The Bertz CT molecular complexity index is 654. The third-order valence-electron chi connectivity index (χ3n) is 2.42. The van der Waals surface area contributed by atoms with Gasteiger partial charge in [0.1, 0.15) is 11.6 Å². The van der Waals surface area contributed by atoms with E-state index in [2.05, 4.69) is 16.9 Å². The number of hydrogen-bond acceptors (Lipinski definition) is 2. The Morgan fingerprint density at radius 1 is 1.25 bits per heavy atom. The predicted octanol–water partition coefficient (Wildman–Crippen LogP) is 3.74. The summed E-state index contributed by atoms with van der Waals surface area (Å²) < 4.78 is 13.0. The van der Waals surface area contributed by atoms with Gasteiger partial charge in [0.2, 0.25) is 0 Å². The number of aromatic amines is 1. The van der Waals surface area contributed by atoms with Gasteiger partial charge in [0.15, 0.2) is 0 Å². The summed E-state index contributed by atoms with van der Waals surface area (Å²) in [5.41, 5.74) is 1.53. The summed E-state index contributed by atoms with van der Waals surface area (Å²) in [5.74, 6) is 0.559. The first kappa shape index (κ1) is 9.54. The van der Waals surface area contributed by atoms with E-state index in [1.54, 1.807) is 17.4 Å². The minimum atomic E-state index is -0.245. The monoisotopic (exact) mass is 232 g/mol. The molecule has 0 aliphatic rings. The lowest BCUT2D eigenvalue weighted by atomic mass is 10.3. The molecule has 0 fully saturated rings. The van der Waals surface area contributed by atoms with Gasteiger partial charge >= 0.3 is 0 Å². The van der Waals surface area contributed by atoms with E-state index < -0.39 is 0 Å². The zero-order chi connectivity index (χ0) is 11.1. The van der Waals surface area contributed by atoms with Crippen molar-refractivity contribution >= 4 is 22.4 Å². The number of aryl methyl sites for hydroxylation is 1. The van der Waals surface area contributed by atoms with E-state index in [1.807, 2.05) is 12.1 Å². The highest BCUT2D eigenvalue weighted by Gasteiger charge is 2.07. The van der Waals surface area contributed by atoms with Gasteiger partial charge in [0, 0.05) is 4.88 Å². The van der Waals surface area contributed by atoms with Crippen molar-refractivity contribution in [2.45, 2.75) is 6.92 Å². The fourth-order valence-corrected chi connectivity index (χ4v) is 2.47. The molecule has 3 aromatic rings. The first-order chi connectivity index (χ1) is 7.72. The molecule has 2 heterocycles. The van der Waals surface area contributed by atoms with E-state index in [1.165, 1.54) is 17.0 Å². The van der Waals surface area contributed by atoms with Crippen LogP contribution in [-0.4, -0.2) is 9.97 Å². The number of imidazole rings is 1. The largest absolute Gasteiger partial charge is 0.337 e. The fraction of sp³-hybridized carbons (Fsp3) is 0.0833. The average Bonchev–Trinajstić information content (AvgIpc) is 2.83. The third-order valence-corrected chi connectivity index (χ3v) is 3.43. The number of halogens is 1. The molecule has 0 saturated heterocycles. The first-order valence-electron chi connectivity index (χ1n) is 4.94. The Balaban J connectivity index is 2.18. The van der Waals surface area contributed by atoms with E-state index >= 15 is 0 Å². The van der Waals surface area contributed by atoms with Crippen LogP contribution in [0, 0.1) is 12.7 Å². The number of fused-ring (bicyclic) bond motifs is 1. The lowest BCUT2D eigenvalue weighted by molar-refractivity contribution is 0.629. The highest BCUT2D eigenvalue weighted by atomic mass is 32.1. The Morgan fingerprint density at radius 3 is 2.88 bits per heavy atom. The van der Waals surface area contributed by atoms with Crippen LogP contribution in [0.3, 0.4) is 0 Å². The number of aromatic nitrogens is 2. The Kier molecular flexibility index (Phi) is 2.04. The lowest BCUT2D eigenvalue weighted by Crippen LogP contribution is -1.72. The topological polar surface area (TPSA) is 28.7 Å². The Hall–Kier alpha value is -1.68. The number of hydrogen-bond donors (Lipinski definition) is 1. The van der Waals surface area contributed by atoms with E-state index in [-0.39, 0.29) is 5.82 Å². The lowest BCUT2D eigenvalue weighted by Gasteiger charge is -1.87. The second-order valence-electron chi connectivity index (χ2n) is 3.66. The molecule has 0 aliphatic heterocycles. The first-order valence-corrected chi connectivity index (χ1v) is 5.76. The summed E-state index contributed by atoms with van der Waals surface area (Å²) in [5, 5.41) is 0. The van der Waals surface area contributed by atoms with Crippen LogP contribution < -0.4 is 0 Å². The highest BCUT2D eigenvalue weighted by Crippen LogP contribution is 2.27. The smallest absolute Gasteiger partial charge is 0.148 e. The molecule has 0 amide bonds. The molecule has 1 aromatic carbocycles. The maximum absolute atomic E-state index is 13.0. The molecule has 0 saturated carbocycles. The van der Waals surface area contributed by atoms with Gasteiger partial charge in [-0.1, -0.05) is 0 Å². The number of rotatable bonds is 1. The zero-order valence-electron chi connectivity index (χ0n) is 8.62. The maximum Gasteiger partial charge on any atom is 0.148 e. The van der Waals surface area contributed by atoms with Gasteiger partial charge in [0.05, 0.1) is 15.9 Å². The van der Waals surface area contributed by atoms with Crippen molar-refractivity contribution in [1.29, 1.82) is 0 Å². The van der Waals surface area contributed by atoms with Crippen molar-refractivity contribution < 1.29 is 4.39 Å². The summed E-state index contributed by atoms with van der Waals surface area (Å²) in [6.45, 7) is 2.05. The van der Waals surface area contributed by atoms with Crippen molar-refractivity contribution in [3.8, 4) is 10.7 Å². The van der Waals surface area contributed by atoms with Crippen molar-refractivity contribution in [3.63, 3.8) is 0 Å². The van der Waals surface area contributed by atoms with Crippen LogP contribution in [0.15, 0.2) is 30.3 Å². The number of nitrogens with one attached hydrogen (secondary N) is 1. The summed E-state index contributed by atoms with van der Waals surface area (Å²) in [4.78, 5) is 9.87. The van der Waals surface area contributed by atoms with Gasteiger partial charge in [-0.2, -0.15) is 0 Å². The second kappa shape index (κ2) is 3.42. The molecule has 0 unspecified atom stereocenters. The van der Waals surface area contributed by atoms with Gasteiger partial charge in [0.25, 0.3) is 0 Å². The van der Waals surface area contributed by atoms with Crippen LogP contribution >= 0.6 is 11.3 Å². The minimum absolute atomic E-state index is 0.245. The van der Waals surface area contributed by atoms with Crippen molar-refractivity contribution in [2.24, 2.45) is 0 Å². The van der Waals surface area contributed by atoms with E-state index in [0.29, 0.717) is 0 Å². The van der Waals surface area contributed by atoms with Crippen LogP contribution in [0.4, 0.5) is 4.39 Å². The molecule has 0 atom stereocenters. The number of benzene rings is 1. The maximum atomic E-state index is 13.0. The van der Waals surface area contributed by atoms with E-state index in [9.17, 15) is 4.39 Å². The van der Waals surface area contributed by atoms with Crippen LogP contribution in [0.1, 0.15) is 4.88 Å². The molecule has 4 heteroatoms. The molecule has 2 aromatic heterocycles. The Morgan fingerprint density at radius 2 is 2.12 bits per heavy atom. The molecule has 2 nitrogen and oxygen atoms in total. The molecule has 80 valence electrons. The molecule has 1 N–H and O–H groups in total. The van der Waals surface area contributed by atoms with Gasteiger partial charge in [-0.15, -0.1) is 11.3 Å². The molecule has 16 heavy (non-hydrogen) atoms. The summed E-state index contributed by atoms with van der Waals surface area (Å²) in [6, 6.07) is 8.64. The van der Waals surface area contributed by atoms with Gasteiger partial charge < -0.3 is 4.98 Å². The number of thiophene rings is 1. The fourth-order valence-electron chi connectivity index (χ4n) is 1.66. The van der Waals surface area contributed by atoms with E-state index in [0.717, 1.165) is 21.7 Å². The van der Waals surface area contributed by atoms with Crippen LogP contribution in [0.5, 0.6) is 0 Å². The SMILES string of the molecule is Cc1ccc(-c2nc3ccc(F)cc3[nH]2)s1. The van der Waals surface area contributed by atoms with Crippen molar-refractivity contribution in [2.75, 3.05) is 0 Å². The normalized spacial score (nSPS) is 11.1. The molecule has 0 aliphatic carbocycles. The van der Waals surface area contributed by atoms with Crippen LogP contribution in [0.2, 0.25) is 0 Å². The molecule has 0 radical (unpaired) electrons. The summed E-state index contributed by atoms with van der Waals surface area (Å²) >= 11 is 1.67. The highest BCUT2D eigenvalue weighted by molar-refractivity contribution is 7.15. The molecular formula is C12H9FN2S. The Labute approximate surface area is 95.8 Å². The quantitative estimate of drug-likeness (QED) is 0.680. The second-order valence-corrected chi connectivity index (χ2v) is 4.95. The summed E-state index contributed by atoms with van der Waals surface area (Å²) in [6.07, 6.45) is 0. The van der Waals surface area contributed by atoms with Crippen molar-refractivity contribution in [3.05, 3.63) is 41.0 Å². The van der Waals surface area contributed by atoms with Crippen molar-refractivity contribution in [1.82, 2.24) is 9.97 Å². The molecule has 0 spiro atoms. The average molecular weight is 232 g/mol. The van der Waals surface area contributed by atoms with Gasteiger partial charge in [-0.05, 0) is 37.3 Å². The number of H-pyrrole nitrogens is 1. The van der Waals surface area contributed by atoms with Crippen LogP contribution in [-0.2, 0) is 0 Å². The predicted molar refractivity (Wildman–Crippen MR) is 64.1 cm³/mol. The van der Waals surface area contributed by atoms with Gasteiger partial charge in [-0.25, -0.2) is 9.37 Å².